The van der Waals surface area contributed by atoms with Gasteiger partial charge in [0.25, 0.3) is 5.91 Å². The standard InChI is InChI=1S/C23H19NO5/c1-24-19-11-7-6-10-17(19)18(21(24)26)14-23(22(27)28-2)13-16(12-20(25)29-23)15-8-4-3-5-9-15/h3-12,14H,13H2,1-2H3/b18-14-/t23-/m0/s1. The van der Waals surface area contributed by atoms with Gasteiger partial charge in [-0.05, 0) is 23.3 Å². The molecule has 0 unspecified atom stereocenters. The van der Waals surface area contributed by atoms with Crippen LogP contribution in [0.2, 0.25) is 0 Å². The van der Waals surface area contributed by atoms with Crippen molar-refractivity contribution in [1.82, 2.24) is 0 Å². The van der Waals surface area contributed by atoms with Gasteiger partial charge in [-0.2, -0.15) is 0 Å². The van der Waals surface area contributed by atoms with E-state index in [2.05, 4.69) is 0 Å². The fourth-order valence-corrected chi connectivity index (χ4v) is 3.76. The molecule has 0 spiro atoms. The van der Waals surface area contributed by atoms with Gasteiger partial charge in [-0.25, -0.2) is 9.59 Å². The third-order valence-electron chi connectivity index (χ3n) is 5.17. The number of carbonyl (C=O) groups excluding carboxylic acids is 3. The highest BCUT2D eigenvalue weighted by molar-refractivity contribution is 6.33. The summed E-state index contributed by atoms with van der Waals surface area (Å²) in [6.07, 6.45) is 2.86. The van der Waals surface area contributed by atoms with Crippen molar-refractivity contribution in [3.05, 3.63) is 77.9 Å². The number of fused-ring (bicyclic) bond motifs is 1. The second kappa shape index (κ2) is 7.05. The number of nitrogens with zero attached hydrogens (tertiary/aromatic N) is 1. The highest BCUT2D eigenvalue weighted by Crippen LogP contribution is 2.41. The molecular formula is C23H19NO5. The van der Waals surface area contributed by atoms with E-state index in [1.165, 1.54) is 24.2 Å². The van der Waals surface area contributed by atoms with Crippen LogP contribution in [0.1, 0.15) is 17.5 Å². The number of carbonyl (C=O) groups is 3. The molecule has 1 atom stereocenters. The Labute approximate surface area is 168 Å². The number of methoxy groups -OCH3 is 1. The van der Waals surface area contributed by atoms with Gasteiger partial charge in [-0.1, -0.05) is 48.5 Å². The lowest BCUT2D eigenvalue weighted by Gasteiger charge is -2.32. The minimum atomic E-state index is -1.73. The Balaban J connectivity index is 1.85. The maximum atomic E-state index is 12.9. The molecule has 2 aromatic rings. The van der Waals surface area contributed by atoms with Gasteiger partial charge < -0.3 is 14.4 Å². The van der Waals surface area contributed by atoms with Gasteiger partial charge >= 0.3 is 11.9 Å². The first-order valence-corrected chi connectivity index (χ1v) is 9.13. The second-order valence-electron chi connectivity index (χ2n) is 6.95. The number of likely N-dealkylation sites (N-methyl/N-ethyl adjacent to an activating group) is 1. The van der Waals surface area contributed by atoms with E-state index in [1.807, 2.05) is 48.5 Å². The molecule has 29 heavy (non-hydrogen) atoms. The average Bonchev–Trinajstić information content (AvgIpc) is 2.98. The van der Waals surface area contributed by atoms with Crippen LogP contribution in [0, 0.1) is 0 Å². The lowest BCUT2D eigenvalue weighted by Crippen LogP contribution is -2.45. The molecule has 0 N–H and O–H groups in total. The van der Waals surface area contributed by atoms with Crippen LogP contribution in [-0.2, 0) is 23.9 Å². The van der Waals surface area contributed by atoms with Crippen LogP contribution in [0.3, 0.4) is 0 Å². The Kier molecular flexibility index (Phi) is 4.54. The summed E-state index contributed by atoms with van der Waals surface area (Å²) in [5.74, 6) is -1.68. The fourth-order valence-electron chi connectivity index (χ4n) is 3.76. The van der Waals surface area contributed by atoms with Crippen LogP contribution in [0.4, 0.5) is 5.69 Å². The molecule has 0 saturated carbocycles. The van der Waals surface area contributed by atoms with Gasteiger partial charge in [0, 0.05) is 30.7 Å². The third kappa shape index (κ3) is 3.12. The van der Waals surface area contributed by atoms with Crippen LogP contribution >= 0.6 is 0 Å². The number of benzene rings is 2. The molecule has 0 aliphatic carbocycles. The number of esters is 2. The first-order valence-electron chi connectivity index (χ1n) is 9.13. The number of hydrogen-bond donors (Lipinski definition) is 0. The van der Waals surface area contributed by atoms with Crippen molar-refractivity contribution in [3.8, 4) is 0 Å². The highest BCUT2D eigenvalue weighted by atomic mass is 16.6. The summed E-state index contributed by atoms with van der Waals surface area (Å²) < 4.78 is 10.5. The lowest BCUT2D eigenvalue weighted by atomic mass is 9.85. The van der Waals surface area contributed by atoms with E-state index in [0.29, 0.717) is 16.7 Å². The van der Waals surface area contributed by atoms with Crippen LogP contribution in [0.25, 0.3) is 11.1 Å². The molecule has 1 amide bonds. The Bertz CT molecular complexity index is 1070. The van der Waals surface area contributed by atoms with Crippen molar-refractivity contribution in [3.63, 3.8) is 0 Å². The molecule has 0 radical (unpaired) electrons. The molecule has 6 heteroatoms. The number of anilines is 1. The van der Waals surface area contributed by atoms with Crippen molar-refractivity contribution < 1.29 is 23.9 Å². The molecule has 0 aromatic heterocycles. The summed E-state index contributed by atoms with van der Waals surface area (Å²) in [5, 5.41) is 0. The summed E-state index contributed by atoms with van der Waals surface area (Å²) in [4.78, 5) is 39.6. The fraction of sp³-hybridized carbons (Fsp3) is 0.174. The summed E-state index contributed by atoms with van der Waals surface area (Å²) in [5.41, 5.74) is 1.41. The SMILES string of the molecule is COC(=O)[C@@]1(/C=C2\C(=O)N(C)c3ccccc32)CC(c2ccccc2)=CC(=O)O1. The molecule has 2 aliphatic heterocycles. The summed E-state index contributed by atoms with van der Waals surface area (Å²) in [7, 11) is 2.89. The Hall–Kier alpha value is -3.67. The minimum Gasteiger partial charge on any atom is -0.466 e. The van der Waals surface area contributed by atoms with Crippen molar-refractivity contribution in [1.29, 1.82) is 0 Å². The molecule has 2 aliphatic rings. The van der Waals surface area contributed by atoms with E-state index in [1.54, 1.807) is 13.1 Å². The second-order valence-corrected chi connectivity index (χ2v) is 6.95. The lowest BCUT2D eigenvalue weighted by molar-refractivity contribution is -0.172. The van der Waals surface area contributed by atoms with E-state index < -0.39 is 17.5 Å². The molecule has 2 aromatic carbocycles. The van der Waals surface area contributed by atoms with Gasteiger partial charge in [0.2, 0.25) is 5.60 Å². The normalized spacial score (nSPS) is 22.2. The van der Waals surface area contributed by atoms with E-state index in [9.17, 15) is 14.4 Å². The van der Waals surface area contributed by atoms with Crippen molar-refractivity contribution in [2.45, 2.75) is 12.0 Å². The first kappa shape index (κ1) is 18.7. The van der Waals surface area contributed by atoms with Crippen LogP contribution in [0.15, 0.2) is 66.7 Å². The van der Waals surface area contributed by atoms with Crippen molar-refractivity contribution >= 4 is 34.7 Å². The van der Waals surface area contributed by atoms with Gasteiger partial charge in [0.05, 0.1) is 12.8 Å². The van der Waals surface area contributed by atoms with Crippen LogP contribution in [0.5, 0.6) is 0 Å². The van der Waals surface area contributed by atoms with Crippen molar-refractivity contribution in [2.24, 2.45) is 0 Å². The Morgan fingerprint density at radius 2 is 1.79 bits per heavy atom. The molecule has 146 valence electrons. The molecule has 4 rings (SSSR count). The zero-order valence-corrected chi connectivity index (χ0v) is 16.0. The Morgan fingerprint density at radius 3 is 2.52 bits per heavy atom. The molecule has 2 heterocycles. The molecular weight excluding hydrogens is 370 g/mol. The van der Waals surface area contributed by atoms with E-state index in [4.69, 9.17) is 9.47 Å². The van der Waals surface area contributed by atoms with E-state index in [-0.39, 0.29) is 12.3 Å². The maximum Gasteiger partial charge on any atom is 0.354 e. The number of rotatable bonds is 3. The molecule has 6 nitrogen and oxygen atoms in total. The van der Waals surface area contributed by atoms with Crippen molar-refractivity contribution in [2.75, 3.05) is 19.1 Å². The number of para-hydroxylation sites is 1. The van der Waals surface area contributed by atoms with Gasteiger partial charge in [-0.3, -0.25) is 4.79 Å². The number of cyclic esters (lactones) is 1. The number of hydrogen-bond acceptors (Lipinski definition) is 5. The van der Waals surface area contributed by atoms with Gasteiger partial charge in [0.15, 0.2) is 0 Å². The highest BCUT2D eigenvalue weighted by Gasteiger charge is 2.47. The predicted molar refractivity (Wildman–Crippen MR) is 108 cm³/mol. The van der Waals surface area contributed by atoms with E-state index in [0.717, 1.165) is 11.3 Å². The van der Waals surface area contributed by atoms with Crippen LogP contribution < -0.4 is 4.90 Å². The van der Waals surface area contributed by atoms with Gasteiger partial charge in [0.1, 0.15) is 0 Å². The molecule has 0 fully saturated rings. The smallest absolute Gasteiger partial charge is 0.354 e. The first-order chi connectivity index (χ1) is 13.9. The van der Waals surface area contributed by atoms with Gasteiger partial charge in [-0.15, -0.1) is 0 Å². The van der Waals surface area contributed by atoms with E-state index >= 15 is 0 Å². The average molecular weight is 389 g/mol. The monoisotopic (exact) mass is 389 g/mol. The minimum absolute atomic E-state index is 0.0675. The quantitative estimate of drug-likeness (QED) is 0.596. The molecule has 0 bridgehead atoms. The van der Waals surface area contributed by atoms with Crippen LogP contribution in [-0.4, -0.2) is 37.6 Å². The molecule has 0 saturated heterocycles. The number of ether oxygens (including phenoxy) is 2. The Morgan fingerprint density at radius 1 is 1.10 bits per heavy atom. The zero-order valence-electron chi connectivity index (χ0n) is 16.0. The summed E-state index contributed by atoms with van der Waals surface area (Å²) >= 11 is 0. The predicted octanol–water partition coefficient (Wildman–Crippen LogP) is 2.99. The maximum absolute atomic E-state index is 12.9. The summed E-state index contributed by atoms with van der Waals surface area (Å²) in [6, 6.07) is 16.5. The summed E-state index contributed by atoms with van der Waals surface area (Å²) in [6.45, 7) is 0. The zero-order chi connectivity index (χ0) is 20.6. The number of amides is 1. The largest absolute Gasteiger partial charge is 0.466 e. The third-order valence-corrected chi connectivity index (χ3v) is 5.17. The topological polar surface area (TPSA) is 72.9 Å².